The van der Waals surface area contributed by atoms with Crippen LogP contribution in [0.1, 0.15) is 42.5 Å². The Bertz CT molecular complexity index is 591. The van der Waals surface area contributed by atoms with Gasteiger partial charge < -0.3 is 19.7 Å². The molecule has 1 amide bonds. The number of pyridine rings is 1. The van der Waals surface area contributed by atoms with Crippen molar-refractivity contribution >= 4 is 5.91 Å². The number of amides is 1. The number of piperidine rings is 1. The summed E-state index contributed by atoms with van der Waals surface area (Å²) in [6.07, 6.45) is 7.42. The highest BCUT2D eigenvalue weighted by molar-refractivity contribution is 5.94. The van der Waals surface area contributed by atoms with Crippen molar-refractivity contribution in [1.82, 2.24) is 15.2 Å². The van der Waals surface area contributed by atoms with E-state index in [1.807, 2.05) is 0 Å². The van der Waals surface area contributed by atoms with Gasteiger partial charge in [0, 0.05) is 49.9 Å². The van der Waals surface area contributed by atoms with Crippen LogP contribution < -0.4 is 10.1 Å². The first-order valence-electron chi connectivity index (χ1n) is 9.50. The smallest absolute Gasteiger partial charge is 0.251 e. The number of likely N-dealkylation sites (tertiary alicyclic amines) is 1. The van der Waals surface area contributed by atoms with Crippen LogP contribution in [0.3, 0.4) is 0 Å². The number of hydrogen-bond acceptors (Lipinski definition) is 5. The molecule has 3 aliphatic rings. The minimum absolute atomic E-state index is 0.0319. The first kappa shape index (κ1) is 16.8. The van der Waals surface area contributed by atoms with Crippen molar-refractivity contribution in [3.05, 3.63) is 23.9 Å². The predicted octanol–water partition coefficient (Wildman–Crippen LogP) is 1.85. The highest BCUT2D eigenvalue weighted by atomic mass is 16.5. The van der Waals surface area contributed by atoms with E-state index >= 15 is 0 Å². The number of nitrogens with one attached hydrogen (secondary N) is 1. The molecule has 0 bridgehead atoms. The molecule has 6 heteroatoms. The maximum absolute atomic E-state index is 12.5. The van der Waals surface area contributed by atoms with Crippen LogP contribution in [0.5, 0.6) is 5.88 Å². The van der Waals surface area contributed by atoms with E-state index in [2.05, 4.69) is 15.2 Å². The lowest BCUT2D eigenvalue weighted by Gasteiger charge is -2.32. The zero-order valence-electron chi connectivity index (χ0n) is 14.7. The Morgan fingerprint density at radius 3 is 2.84 bits per heavy atom. The molecular weight excluding hydrogens is 318 g/mol. The first-order valence-corrected chi connectivity index (χ1v) is 9.50. The Labute approximate surface area is 148 Å². The van der Waals surface area contributed by atoms with Crippen LogP contribution in [0.15, 0.2) is 18.3 Å². The van der Waals surface area contributed by atoms with Gasteiger partial charge >= 0.3 is 0 Å². The van der Waals surface area contributed by atoms with Crippen LogP contribution in [-0.2, 0) is 4.74 Å². The number of rotatable bonds is 6. The molecule has 1 atom stereocenters. The quantitative estimate of drug-likeness (QED) is 0.852. The van der Waals surface area contributed by atoms with Gasteiger partial charge in [-0.15, -0.1) is 0 Å². The number of carbonyl (C=O) groups excluding carboxylic acids is 1. The van der Waals surface area contributed by atoms with E-state index in [1.165, 1.54) is 19.4 Å². The lowest BCUT2D eigenvalue weighted by molar-refractivity contribution is 0.0908. The van der Waals surface area contributed by atoms with Crippen LogP contribution >= 0.6 is 0 Å². The first-order chi connectivity index (χ1) is 12.3. The molecule has 0 spiro atoms. The minimum Gasteiger partial charge on any atom is -0.472 e. The van der Waals surface area contributed by atoms with Crippen molar-refractivity contribution in [2.24, 2.45) is 5.92 Å². The Balaban J connectivity index is 1.27. The van der Waals surface area contributed by atoms with E-state index in [-0.39, 0.29) is 18.1 Å². The summed E-state index contributed by atoms with van der Waals surface area (Å²) in [6, 6.07) is 3.74. The van der Waals surface area contributed by atoms with E-state index in [0.717, 1.165) is 44.9 Å². The molecular formula is C19H27N3O3. The molecule has 0 aromatic carbocycles. The number of hydrogen-bond donors (Lipinski definition) is 1. The molecule has 2 saturated heterocycles. The number of ether oxygens (including phenoxy) is 2. The molecule has 1 unspecified atom stereocenters. The van der Waals surface area contributed by atoms with Crippen LogP contribution in [0.4, 0.5) is 0 Å². The van der Waals surface area contributed by atoms with Crippen molar-refractivity contribution in [1.29, 1.82) is 0 Å². The lowest BCUT2D eigenvalue weighted by Crippen LogP contribution is -2.45. The standard InChI is InChI=1S/C19H27N3O3/c23-19(21-16-4-8-22(9-5-16)12-14-1-2-14)15-3-7-20-18(11-15)25-17-6-10-24-13-17/h3,7,11,14,16-17H,1-2,4-6,8-10,12-13H2,(H,21,23). The Morgan fingerprint density at radius 2 is 2.12 bits per heavy atom. The van der Waals surface area contributed by atoms with Crippen LogP contribution in [0.25, 0.3) is 0 Å². The zero-order valence-corrected chi connectivity index (χ0v) is 14.7. The number of nitrogens with zero attached hydrogens (tertiary/aromatic N) is 2. The molecule has 2 aliphatic heterocycles. The van der Waals surface area contributed by atoms with E-state index in [0.29, 0.717) is 18.1 Å². The molecule has 1 N–H and O–H groups in total. The monoisotopic (exact) mass is 345 g/mol. The molecule has 0 radical (unpaired) electrons. The second-order valence-corrected chi connectivity index (χ2v) is 7.48. The van der Waals surface area contributed by atoms with Gasteiger partial charge in [0.05, 0.1) is 13.2 Å². The van der Waals surface area contributed by atoms with Crippen molar-refractivity contribution in [2.75, 3.05) is 32.8 Å². The van der Waals surface area contributed by atoms with Gasteiger partial charge in [-0.05, 0) is 37.7 Å². The summed E-state index contributed by atoms with van der Waals surface area (Å²) in [5.74, 6) is 1.41. The highest BCUT2D eigenvalue weighted by Gasteiger charge is 2.27. The highest BCUT2D eigenvalue weighted by Crippen LogP contribution is 2.30. The summed E-state index contributed by atoms with van der Waals surface area (Å²) in [7, 11) is 0. The Hall–Kier alpha value is -1.66. The Kier molecular flexibility index (Phi) is 5.17. The van der Waals surface area contributed by atoms with Crippen LogP contribution in [0, 0.1) is 5.92 Å². The van der Waals surface area contributed by atoms with Gasteiger partial charge in [-0.25, -0.2) is 4.98 Å². The fourth-order valence-corrected chi connectivity index (χ4v) is 3.59. The van der Waals surface area contributed by atoms with Gasteiger partial charge in [-0.3, -0.25) is 4.79 Å². The fourth-order valence-electron chi connectivity index (χ4n) is 3.59. The predicted molar refractivity (Wildman–Crippen MR) is 93.7 cm³/mol. The molecule has 6 nitrogen and oxygen atoms in total. The second kappa shape index (κ2) is 7.70. The molecule has 1 aliphatic carbocycles. The van der Waals surface area contributed by atoms with Gasteiger partial charge in [-0.1, -0.05) is 0 Å². The third-order valence-electron chi connectivity index (χ3n) is 5.31. The maximum Gasteiger partial charge on any atom is 0.251 e. The van der Waals surface area contributed by atoms with Gasteiger partial charge in [0.25, 0.3) is 5.91 Å². The van der Waals surface area contributed by atoms with Gasteiger partial charge in [0.1, 0.15) is 6.10 Å². The zero-order chi connectivity index (χ0) is 17.1. The normalized spacial score (nSPS) is 25.0. The van der Waals surface area contributed by atoms with Crippen molar-refractivity contribution < 1.29 is 14.3 Å². The third kappa shape index (κ3) is 4.70. The molecule has 3 fully saturated rings. The van der Waals surface area contributed by atoms with E-state index in [1.54, 1.807) is 18.3 Å². The summed E-state index contributed by atoms with van der Waals surface area (Å²) in [6.45, 7) is 4.75. The average Bonchev–Trinajstić information content (AvgIpc) is 3.30. The van der Waals surface area contributed by atoms with Crippen molar-refractivity contribution in [3.63, 3.8) is 0 Å². The third-order valence-corrected chi connectivity index (χ3v) is 5.31. The molecule has 1 saturated carbocycles. The molecule has 4 rings (SSSR count). The van der Waals surface area contributed by atoms with Gasteiger partial charge in [0.2, 0.25) is 5.88 Å². The summed E-state index contributed by atoms with van der Waals surface area (Å²) < 4.78 is 11.1. The molecule has 25 heavy (non-hydrogen) atoms. The summed E-state index contributed by atoms with van der Waals surface area (Å²) >= 11 is 0. The van der Waals surface area contributed by atoms with Crippen molar-refractivity contribution in [2.45, 2.75) is 44.2 Å². The van der Waals surface area contributed by atoms with Crippen LogP contribution in [0.2, 0.25) is 0 Å². The van der Waals surface area contributed by atoms with Crippen LogP contribution in [-0.4, -0.2) is 60.8 Å². The number of aromatic nitrogens is 1. The molecule has 136 valence electrons. The van der Waals surface area contributed by atoms with E-state index in [4.69, 9.17) is 9.47 Å². The molecule has 1 aromatic heterocycles. The molecule has 3 heterocycles. The van der Waals surface area contributed by atoms with Gasteiger partial charge in [0.15, 0.2) is 0 Å². The summed E-state index contributed by atoms with van der Waals surface area (Å²) in [5, 5.41) is 3.17. The SMILES string of the molecule is O=C(NC1CCN(CC2CC2)CC1)c1ccnc(OC2CCOC2)c1. The van der Waals surface area contributed by atoms with Gasteiger partial charge in [-0.2, -0.15) is 0 Å². The minimum atomic E-state index is -0.0319. The lowest BCUT2D eigenvalue weighted by atomic mass is 10.0. The van der Waals surface area contributed by atoms with Crippen molar-refractivity contribution in [3.8, 4) is 5.88 Å². The Morgan fingerprint density at radius 1 is 1.28 bits per heavy atom. The molecule has 1 aromatic rings. The summed E-state index contributed by atoms with van der Waals surface area (Å²) in [5.41, 5.74) is 0.615. The second-order valence-electron chi connectivity index (χ2n) is 7.48. The number of carbonyl (C=O) groups is 1. The van der Waals surface area contributed by atoms with E-state index in [9.17, 15) is 4.79 Å². The largest absolute Gasteiger partial charge is 0.472 e. The average molecular weight is 345 g/mol. The maximum atomic E-state index is 12.5. The van der Waals surface area contributed by atoms with E-state index < -0.39 is 0 Å². The fraction of sp³-hybridized carbons (Fsp3) is 0.684. The summed E-state index contributed by atoms with van der Waals surface area (Å²) in [4.78, 5) is 19.3. The topological polar surface area (TPSA) is 63.7 Å².